The van der Waals surface area contributed by atoms with E-state index in [1.54, 1.807) is 4.80 Å². The summed E-state index contributed by atoms with van der Waals surface area (Å²) < 4.78 is 31.3. The molecule has 3 aromatic rings. The Hall–Kier alpha value is -2.63. The third-order valence-corrected chi connectivity index (χ3v) is 12.3. The third kappa shape index (κ3) is 6.58. The summed E-state index contributed by atoms with van der Waals surface area (Å²) in [4.78, 5) is 1.59. The van der Waals surface area contributed by atoms with Gasteiger partial charge in [0.1, 0.15) is 35.9 Å². The Bertz CT molecular complexity index is 1240. The van der Waals surface area contributed by atoms with Crippen LogP contribution >= 0.6 is 0 Å². The predicted octanol–water partition coefficient (Wildman–Crippen LogP) is 5.37. The molecular formula is C29H40N4O5Si. The van der Waals surface area contributed by atoms with E-state index in [4.69, 9.17) is 23.4 Å². The van der Waals surface area contributed by atoms with Crippen LogP contribution in [0, 0.1) is 0 Å². The number of hydrogen-bond acceptors (Lipinski definition) is 8. The Labute approximate surface area is 231 Å². The van der Waals surface area contributed by atoms with Crippen LogP contribution in [-0.4, -0.2) is 65.3 Å². The quantitative estimate of drug-likeness (QED) is 0.328. The molecule has 1 aromatic heterocycles. The van der Waals surface area contributed by atoms with Crippen molar-refractivity contribution in [2.75, 3.05) is 6.61 Å². The number of ether oxygens (including phenoxy) is 4. The van der Waals surface area contributed by atoms with Gasteiger partial charge in [-0.2, -0.15) is 4.80 Å². The molecule has 0 N–H and O–H groups in total. The summed E-state index contributed by atoms with van der Waals surface area (Å²) in [7, 11) is -1.93. The summed E-state index contributed by atoms with van der Waals surface area (Å²) >= 11 is 0. The largest absolute Gasteiger partial charge is 0.457 e. The van der Waals surface area contributed by atoms with Crippen LogP contribution in [0.25, 0.3) is 0 Å². The van der Waals surface area contributed by atoms with Gasteiger partial charge in [0.05, 0.1) is 13.2 Å². The number of tetrazole rings is 1. The summed E-state index contributed by atoms with van der Waals surface area (Å²) in [6.07, 6.45) is -0.329. The van der Waals surface area contributed by atoms with Crippen LogP contribution in [0.15, 0.2) is 54.6 Å². The normalized spacial score (nSPS) is 24.6. The van der Waals surface area contributed by atoms with E-state index in [0.29, 0.717) is 25.4 Å². The zero-order valence-electron chi connectivity index (χ0n) is 24.0. The molecular weight excluding hydrogens is 512 g/mol. The molecule has 4 atom stereocenters. The Balaban J connectivity index is 1.20. The molecule has 0 radical (unpaired) electrons. The molecule has 2 fully saturated rings. The van der Waals surface area contributed by atoms with Gasteiger partial charge in [-0.25, -0.2) is 0 Å². The zero-order valence-corrected chi connectivity index (χ0v) is 25.0. The second kappa shape index (κ2) is 10.7. The van der Waals surface area contributed by atoms with Gasteiger partial charge in [-0.3, -0.25) is 0 Å². The summed E-state index contributed by atoms with van der Waals surface area (Å²) in [6, 6.07) is 17.7. The Morgan fingerprint density at radius 1 is 0.923 bits per heavy atom. The van der Waals surface area contributed by atoms with Crippen LogP contribution in [0.2, 0.25) is 18.1 Å². The van der Waals surface area contributed by atoms with Crippen molar-refractivity contribution in [1.82, 2.24) is 20.2 Å². The van der Waals surface area contributed by atoms with Gasteiger partial charge >= 0.3 is 0 Å². The first kappa shape index (κ1) is 27.9. The molecule has 0 aliphatic carbocycles. The number of aromatic nitrogens is 4. The second-order valence-corrected chi connectivity index (χ2v) is 17.2. The first-order valence-electron chi connectivity index (χ1n) is 13.6. The standard InChI is InChI=1S/C29H40N4O5Si/c1-28(2,3)39(6,7)34-19-24-27-26(37-29(4,5)38-27)23(36-24)18-33-31-25(30-32-33)17-20-13-15-22(16-14-20)35-21-11-9-8-10-12-21/h8-16,23-24,26-27H,17-19H2,1-7H3/t23-,24+,26-,27+/m0/s1. The molecule has 2 aromatic carbocycles. The van der Waals surface area contributed by atoms with E-state index >= 15 is 0 Å². The fourth-order valence-corrected chi connectivity index (χ4v) is 5.64. The van der Waals surface area contributed by atoms with Crippen molar-refractivity contribution in [2.24, 2.45) is 0 Å². The lowest BCUT2D eigenvalue weighted by Crippen LogP contribution is -2.44. The third-order valence-electron chi connectivity index (χ3n) is 7.76. The summed E-state index contributed by atoms with van der Waals surface area (Å²) in [5.74, 6) is 1.55. The highest BCUT2D eigenvalue weighted by Crippen LogP contribution is 2.41. The van der Waals surface area contributed by atoms with Gasteiger partial charge in [0.25, 0.3) is 0 Å². The van der Waals surface area contributed by atoms with E-state index in [2.05, 4.69) is 49.3 Å². The van der Waals surface area contributed by atoms with Crippen LogP contribution in [0.5, 0.6) is 11.5 Å². The second-order valence-electron chi connectivity index (χ2n) is 12.3. The first-order valence-corrected chi connectivity index (χ1v) is 16.5. The highest BCUT2D eigenvalue weighted by molar-refractivity contribution is 6.74. The minimum atomic E-state index is -1.93. The monoisotopic (exact) mass is 552 g/mol. The van der Waals surface area contributed by atoms with E-state index in [1.807, 2.05) is 68.4 Å². The van der Waals surface area contributed by atoms with Crippen molar-refractivity contribution in [3.05, 3.63) is 66.0 Å². The van der Waals surface area contributed by atoms with E-state index in [1.165, 1.54) is 0 Å². The SMILES string of the molecule is CC1(C)O[C@@H]2[C@H](O1)[C@@H](CO[Si](C)(C)C(C)(C)C)O[C@H]2Cn1nnc(Cc2ccc(Oc3ccccc3)cc2)n1. The first-order chi connectivity index (χ1) is 18.4. The number of para-hydroxylation sites is 1. The number of benzene rings is 2. The van der Waals surface area contributed by atoms with Gasteiger partial charge in [-0.05, 0) is 67.0 Å². The number of rotatable bonds is 9. The summed E-state index contributed by atoms with van der Waals surface area (Å²) in [5.41, 5.74) is 1.07. The average molecular weight is 553 g/mol. The molecule has 0 bridgehead atoms. The minimum Gasteiger partial charge on any atom is -0.457 e. The fraction of sp³-hybridized carbons (Fsp3) is 0.552. The van der Waals surface area contributed by atoms with E-state index in [-0.39, 0.29) is 29.5 Å². The number of fused-ring (bicyclic) bond motifs is 1. The van der Waals surface area contributed by atoms with E-state index in [9.17, 15) is 0 Å². The molecule has 5 rings (SSSR count). The maximum Gasteiger partial charge on any atom is 0.192 e. The molecule has 0 saturated carbocycles. The van der Waals surface area contributed by atoms with Crippen molar-refractivity contribution in [2.45, 2.75) is 95.9 Å². The molecule has 210 valence electrons. The van der Waals surface area contributed by atoms with Gasteiger partial charge < -0.3 is 23.4 Å². The van der Waals surface area contributed by atoms with Crippen LogP contribution in [0.1, 0.15) is 46.0 Å². The van der Waals surface area contributed by atoms with Crippen LogP contribution in [-0.2, 0) is 31.6 Å². The van der Waals surface area contributed by atoms with Gasteiger partial charge in [0.15, 0.2) is 19.9 Å². The van der Waals surface area contributed by atoms with Crippen molar-refractivity contribution < 1.29 is 23.4 Å². The lowest BCUT2D eigenvalue weighted by Gasteiger charge is -2.37. The molecule has 2 aliphatic rings. The van der Waals surface area contributed by atoms with Gasteiger partial charge in [0.2, 0.25) is 0 Å². The van der Waals surface area contributed by atoms with Crippen LogP contribution in [0.4, 0.5) is 0 Å². The lowest BCUT2D eigenvalue weighted by atomic mass is 10.1. The topological polar surface area (TPSA) is 89.8 Å². The Morgan fingerprint density at radius 2 is 1.56 bits per heavy atom. The molecule has 3 heterocycles. The smallest absolute Gasteiger partial charge is 0.192 e. The molecule has 2 aliphatic heterocycles. The molecule has 10 heteroatoms. The van der Waals surface area contributed by atoms with Gasteiger partial charge in [-0.1, -0.05) is 51.1 Å². The molecule has 0 amide bonds. The Kier molecular flexibility index (Phi) is 7.69. The fourth-order valence-electron chi connectivity index (χ4n) is 4.63. The molecule has 2 saturated heterocycles. The van der Waals surface area contributed by atoms with Gasteiger partial charge in [0, 0.05) is 6.42 Å². The van der Waals surface area contributed by atoms with Crippen molar-refractivity contribution in [3.63, 3.8) is 0 Å². The van der Waals surface area contributed by atoms with E-state index in [0.717, 1.165) is 17.1 Å². The summed E-state index contributed by atoms with van der Waals surface area (Å²) in [6.45, 7) is 16.0. The molecule has 0 unspecified atom stereocenters. The highest BCUT2D eigenvalue weighted by atomic mass is 28.4. The van der Waals surface area contributed by atoms with Crippen molar-refractivity contribution in [3.8, 4) is 11.5 Å². The van der Waals surface area contributed by atoms with Crippen molar-refractivity contribution >= 4 is 8.32 Å². The van der Waals surface area contributed by atoms with Crippen molar-refractivity contribution in [1.29, 1.82) is 0 Å². The molecule has 9 nitrogen and oxygen atoms in total. The van der Waals surface area contributed by atoms with Crippen LogP contribution < -0.4 is 4.74 Å². The van der Waals surface area contributed by atoms with Crippen LogP contribution in [0.3, 0.4) is 0 Å². The minimum absolute atomic E-state index is 0.118. The predicted molar refractivity (Wildman–Crippen MR) is 149 cm³/mol. The maximum atomic E-state index is 6.48. The van der Waals surface area contributed by atoms with E-state index < -0.39 is 14.1 Å². The molecule has 39 heavy (non-hydrogen) atoms. The zero-order chi connectivity index (χ0) is 27.8. The highest BCUT2D eigenvalue weighted by Gasteiger charge is 2.55. The Morgan fingerprint density at radius 3 is 2.23 bits per heavy atom. The summed E-state index contributed by atoms with van der Waals surface area (Å²) in [5, 5.41) is 13.3. The lowest BCUT2D eigenvalue weighted by molar-refractivity contribution is -0.191. The van der Waals surface area contributed by atoms with Gasteiger partial charge in [-0.15, -0.1) is 10.2 Å². The molecule has 0 spiro atoms. The maximum absolute atomic E-state index is 6.48. The number of hydrogen-bond donors (Lipinski definition) is 0. The average Bonchev–Trinajstić information content (AvgIpc) is 3.53. The number of nitrogens with zero attached hydrogens (tertiary/aromatic N) is 4.